The predicted octanol–water partition coefficient (Wildman–Crippen LogP) is 1.46. The van der Waals surface area contributed by atoms with Gasteiger partial charge in [0.2, 0.25) is 12.2 Å². The lowest BCUT2D eigenvalue weighted by molar-refractivity contribution is -0.109. The molecule has 15 heavy (non-hydrogen) atoms. The SMILES string of the molecule is O=CNC(Cl)C(=O)c1ccc(F)c(F)c1. The average molecular weight is 234 g/mol. The minimum atomic E-state index is -1.28. The number of nitrogens with one attached hydrogen (secondary N) is 1. The van der Waals surface area contributed by atoms with Gasteiger partial charge in [0, 0.05) is 5.56 Å². The topological polar surface area (TPSA) is 46.2 Å². The van der Waals surface area contributed by atoms with Gasteiger partial charge in [0.05, 0.1) is 0 Å². The molecule has 1 atom stereocenters. The summed E-state index contributed by atoms with van der Waals surface area (Å²) < 4.78 is 25.2. The Bertz CT molecular complexity index is 398. The molecule has 1 aromatic carbocycles. The highest BCUT2D eigenvalue weighted by atomic mass is 35.5. The van der Waals surface area contributed by atoms with Gasteiger partial charge in [-0.25, -0.2) is 8.78 Å². The van der Waals surface area contributed by atoms with Crippen LogP contribution in [-0.4, -0.2) is 17.7 Å². The van der Waals surface area contributed by atoms with Crippen molar-refractivity contribution in [1.82, 2.24) is 5.32 Å². The molecule has 0 aliphatic rings. The molecule has 0 aliphatic heterocycles. The first-order valence-corrected chi connectivity index (χ1v) is 4.33. The van der Waals surface area contributed by atoms with Crippen LogP contribution in [0.25, 0.3) is 0 Å². The van der Waals surface area contributed by atoms with Crippen LogP contribution in [-0.2, 0) is 4.79 Å². The number of rotatable bonds is 4. The summed E-state index contributed by atoms with van der Waals surface area (Å²) in [6.07, 6.45) is 0.245. The van der Waals surface area contributed by atoms with Gasteiger partial charge in [-0.15, -0.1) is 0 Å². The van der Waals surface area contributed by atoms with Crippen LogP contribution < -0.4 is 5.32 Å². The summed E-state index contributed by atoms with van der Waals surface area (Å²) in [6, 6.07) is 2.62. The Labute approximate surface area is 89.0 Å². The molecule has 0 radical (unpaired) electrons. The Balaban J connectivity index is 2.91. The summed E-state index contributed by atoms with van der Waals surface area (Å²) in [7, 11) is 0. The number of amides is 1. The zero-order chi connectivity index (χ0) is 11.4. The fourth-order valence-electron chi connectivity index (χ4n) is 0.931. The monoisotopic (exact) mass is 233 g/mol. The van der Waals surface area contributed by atoms with Crippen LogP contribution in [0.1, 0.15) is 10.4 Å². The van der Waals surface area contributed by atoms with Crippen LogP contribution in [0.3, 0.4) is 0 Å². The number of hydrogen-bond donors (Lipinski definition) is 1. The highest BCUT2D eigenvalue weighted by molar-refractivity contribution is 6.34. The van der Waals surface area contributed by atoms with E-state index in [1.807, 2.05) is 5.32 Å². The van der Waals surface area contributed by atoms with Gasteiger partial charge in [-0.3, -0.25) is 9.59 Å². The average Bonchev–Trinajstić information content (AvgIpc) is 2.21. The first-order chi connectivity index (χ1) is 7.06. The molecule has 0 saturated heterocycles. The summed E-state index contributed by atoms with van der Waals surface area (Å²) in [5.74, 6) is -2.90. The van der Waals surface area contributed by atoms with E-state index in [0.29, 0.717) is 0 Å². The number of Topliss-reactive ketones (excluding diaryl/α,β-unsaturated/α-hetero) is 1. The molecule has 6 heteroatoms. The summed E-state index contributed by atoms with van der Waals surface area (Å²) in [6.45, 7) is 0. The molecule has 0 fully saturated rings. The smallest absolute Gasteiger partial charge is 0.208 e. The van der Waals surface area contributed by atoms with Gasteiger partial charge in [-0.2, -0.15) is 0 Å². The molecule has 0 spiro atoms. The van der Waals surface area contributed by atoms with Gasteiger partial charge < -0.3 is 5.32 Å². The number of benzene rings is 1. The van der Waals surface area contributed by atoms with Crippen molar-refractivity contribution in [2.45, 2.75) is 5.50 Å². The third kappa shape index (κ3) is 2.73. The predicted molar refractivity (Wildman–Crippen MR) is 49.5 cm³/mol. The summed E-state index contributed by atoms with van der Waals surface area (Å²) in [5.41, 5.74) is -1.39. The second-order valence-corrected chi connectivity index (χ2v) is 3.08. The minimum absolute atomic E-state index is 0.108. The second-order valence-electron chi connectivity index (χ2n) is 2.64. The number of alkyl halides is 1. The highest BCUT2D eigenvalue weighted by Gasteiger charge is 2.17. The van der Waals surface area contributed by atoms with E-state index < -0.39 is 22.9 Å². The van der Waals surface area contributed by atoms with Gasteiger partial charge in [0.1, 0.15) is 0 Å². The van der Waals surface area contributed by atoms with E-state index >= 15 is 0 Å². The molecule has 1 N–H and O–H groups in total. The number of hydrogen-bond acceptors (Lipinski definition) is 2. The quantitative estimate of drug-likeness (QED) is 0.370. The van der Waals surface area contributed by atoms with Crippen molar-refractivity contribution in [1.29, 1.82) is 0 Å². The third-order valence-electron chi connectivity index (χ3n) is 1.65. The van der Waals surface area contributed by atoms with Crippen LogP contribution in [0.4, 0.5) is 8.78 Å². The maximum absolute atomic E-state index is 12.7. The van der Waals surface area contributed by atoms with Crippen LogP contribution >= 0.6 is 11.6 Å². The van der Waals surface area contributed by atoms with Gasteiger partial charge in [-0.05, 0) is 18.2 Å². The molecule has 0 saturated carbocycles. The van der Waals surface area contributed by atoms with Crippen molar-refractivity contribution in [3.8, 4) is 0 Å². The first kappa shape index (κ1) is 11.6. The van der Waals surface area contributed by atoms with E-state index in [9.17, 15) is 18.4 Å². The Hall–Kier alpha value is -1.49. The molecule has 0 aliphatic carbocycles. The van der Waals surface area contributed by atoms with Gasteiger partial charge in [-0.1, -0.05) is 11.6 Å². The van der Waals surface area contributed by atoms with Crippen molar-refractivity contribution < 1.29 is 18.4 Å². The molecular weight excluding hydrogens is 228 g/mol. The van der Waals surface area contributed by atoms with E-state index in [2.05, 4.69) is 0 Å². The van der Waals surface area contributed by atoms with Crippen molar-refractivity contribution in [3.05, 3.63) is 35.4 Å². The summed E-state index contributed by atoms with van der Waals surface area (Å²) >= 11 is 5.45. The minimum Gasteiger partial charge on any atom is -0.336 e. The molecule has 0 heterocycles. The number of halogens is 3. The van der Waals surface area contributed by atoms with E-state index in [-0.39, 0.29) is 12.0 Å². The number of ketones is 1. The van der Waals surface area contributed by atoms with Crippen LogP contribution in [0, 0.1) is 11.6 Å². The van der Waals surface area contributed by atoms with E-state index in [4.69, 9.17) is 11.6 Å². The summed E-state index contributed by atoms with van der Waals surface area (Å²) in [4.78, 5) is 21.3. The van der Waals surface area contributed by atoms with E-state index in [1.54, 1.807) is 0 Å². The maximum atomic E-state index is 12.7. The number of carbonyl (C=O) groups excluding carboxylic acids is 2. The standard InChI is InChI=1S/C9H6ClF2NO2/c10-9(13-4-14)8(15)5-1-2-6(11)7(12)3-5/h1-4,9H,(H,13,14). The zero-order valence-corrected chi connectivity index (χ0v) is 8.09. The lowest BCUT2D eigenvalue weighted by Gasteiger charge is -2.06. The Morgan fingerprint density at radius 2 is 2.07 bits per heavy atom. The molecule has 1 unspecified atom stereocenters. The Morgan fingerprint density at radius 1 is 1.40 bits per heavy atom. The maximum Gasteiger partial charge on any atom is 0.208 e. The number of carbonyl (C=O) groups is 2. The molecular formula is C9H6ClF2NO2. The largest absolute Gasteiger partial charge is 0.336 e. The zero-order valence-electron chi connectivity index (χ0n) is 7.34. The molecule has 1 amide bonds. The van der Waals surface area contributed by atoms with Crippen LogP contribution in [0.2, 0.25) is 0 Å². The van der Waals surface area contributed by atoms with E-state index in [0.717, 1.165) is 18.2 Å². The molecule has 0 bridgehead atoms. The van der Waals surface area contributed by atoms with Crippen molar-refractivity contribution >= 4 is 23.8 Å². The Kier molecular flexibility index (Phi) is 3.74. The normalized spacial score (nSPS) is 11.9. The third-order valence-corrected chi connectivity index (χ3v) is 1.97. The van der Waals surface area contributed by atoms with Crippen molar-refractivity contribution in [2.75, 3.05) is 0 Å². The second kappa shape index (κ2) is 4.84. The molecule has 80 valence electrons. The van der Waals surface area contributed by atoms with Crippen molar-refractivity contribution in [3.63, 3.8) is 0 Å². The fourth-order valence-corrected chi connectivity index (χ4v) is 1.11. The fraction of sp³-hybridized carbons (Fsp3) is 0.111. The molecule has 3 nitrogen and oxygen atoms in total. The lowest BCUT2D eigenvalue weighted by atomic mass is 10.1. The summed E-state index contributed by atoms with van der Waals surface area (Å²) in [5, 5.41) is 2.00. The lowest BCUT2D eigenvalue weighted by Crippen LogP contribution is -2.30. The van der Waals surface area contributed by atoms with Gasteiger partial charge in [0.25, 0.3) is 0 Å². The van der Waals surface area contributed by atoms with Gasteiger partial charge in [0.15, 0.2) is 17.1 Å². The van der Waals surface area contributed by atoms with Crippen LogP contribution in [0.5, 0.6) is 0 Å². The first-order valence-electron chi connectivity index (χ1n) is 3.89. The van der Waals surface area contributed by atoms with Gasteiger partial charge >= 0.3 is 0 Å². The molecule has 1 aromatic rings. The highest BCUT2D eigenvalue weighted by Crippen LogP contribution is 2.11. The van der Waals surface area contributed by atoms with Crippen LogP contribution in [0.15, 0.2) is 18.2 Å². The molecule has 0 aromatic heterocycles. The van der Waals surface area contributed by atoms with E-state index in [1.165, 1.54) is 0 Å². The molecule has 1 rings (SSSR count). The Morgan fingerprint density at radius 3 is 2.60 bits per heavy atom. The van der Waals surface area contributed by atoms with Crippen molar-refractivity contribution in [2.24, 2.45) is 0 Å².